The van der Waals surface area contributed by atoms with E-state index in [2.05, 4.69) is 0 Å². The van der Waals surface area contributed by atoms with Crippen molar-refractivity contribution in [1.29, 1.82) is 0 Å². The minimum Gasteiger partial charge on any atom is -0.508 e. The first-order valence-electron chi connectivity index (χ1n) is 4.31. The number of carboxylic acids is 1. The van der Waals surface area contributed by atoms with Crippen molar-refractivity contribution in [3.63, 3.8) is 0 Å². The number of benzene rings is 1. The van der Waals surface area contributed by atoms with Gasteiger partial charge in [0.2, 0.25) is 0 Å². The number of aromatic hydroxyl groups is 1. The van der Waals surface area contributed by atoms with Gasteiger partial charge in [-0.1, -0.05) is 6.07 Å². The third-order valence-corrected chi connectivity index (χ3v) is 2.49. The average Bonchev–Trinajstić information content (AvgIpc) is 2.83. The molecule has 0 spiro atoms. The molecule has 14 heavy (non-hydrogen) atoms. The van der Waals surface area contributed by atoms with Crippen LogP contribution in [-0.4, -0.2) is 16.2 Å². The number of hydrogen-bond acceptors (Lipinski definition) is 2. The van der Waals surface area contributed by atoms with Crippen molar-refractivity contribution in [1.82, 2.24) is 0 Å². The Labute approximate surface area is 79.8 Å². The van der Waals surface area contributed by atoms with Gasteiger partial charge in [-0.15, -0.1) is 0 Å². The summed E-state index contributed by atoms with van der Waals surface area (Å²) in [6.45, 7) is 0. The van der Waals surface area contributed by atoms with Crippen LogP contribution in [0.1, 0.15) is 17.9 Å². The molecule has 2 N–H and O–H groups in total. The summed E-state index contributed by atoms with van der Waals surface area (Å²) in [6.07, 6.45) is 0.483. The third-order valence-electron chi connectivity index (χ3n) is 2.49. The third kappa shape index (κ3) is 1.43. The van der Waals surface area contributed by atoms with Gasteiger partial charge >= 0.3 is 5.97 Å². The first-order valence-corrected chi connectivity index (χ1v) is 4.31. The van der Waals surface area contributed by atoms with Crippen LogP contribution in [0, 0.1) is 11.7 Å². The highest BCUT2D eigenvalue weighted by molar-refractivity contribution is 5.75. The molecule has 2 rings (SSSR count). The Morgan fingerprint density at radius 2 is 2.21 bits per heavy atom. The first kappa shape index (κ1) is 8.99. The summed E-state index contributed by atoms with van der Waals surface area (Å²) in [5.74, 6) is -2.25. The second-order valence-electron chi connectivity index (χ2n) is 3.49. The van der Waals surface area contributed by atoms with Crippen molar-refractivity contribution in [3.05, 3.63) is 29.6 Å². The molecule has 4 heteroatoms. The molecule has 1 fully saturated rings. The largest absolute Gasteiger partial charge is 0.508 e. The lowest BCUT2D eigenvalue weighted by Crippen LogP contribution is -1.99. The van der Waals surface area contributed by atoms with Gasteiger partial charge in [0, 0.05) is 12.0 Å². The van der Waals surface area contributed by atoms with E-state index in [1.165, 1.54) is 12.1 Å². The maximum Gasteiger partial charge on any atom is 0.307 e. The molecule has 1 aliphatic carbocycles. The fourth-order valence-corrected chi connectivity index (χ4v) is 1.63. The zero-order chi connectivity index (χ0) is 10.3. The van der Waals surface area contributed by atoms with E-state index in [1.54, 1.807) is 0 Å². The number of halogens is 1. The van der Waals surface area contributed by atoms with Gasteiger partial charge in [-0.3, -0.25) is 4.79 Å². The number of phenols is 1. The quantitative estimate of drug-likeness (QED) is 0.757. The Morgan fingerprint density at radius 3 is 2.71 bits per heavy atom. The zero-order valence-corrected chi connectivity index (χ0v) is 7.27. The molecule has 0 aliphatic heterocycles. The van der Waals surface area contributed by atoms with E-state index in [0.717, 1.165) is 6.07 Å². The summed E-state index contributed by atoms with van der Waals surface area (Å²) in [5, 5.41) is 17.6. The summed E-state index contributed by atoms with van der Waals surface area (Å²) >= 11 is 0. The summed E-state index contributed by atoms with van der Waals surface area (Å²) in [5.41, 5.74) is 0.384. The number of carboxylic acid groups (broad SMARTS) is 1. The van der Waals surface area contributed by atoms with E-state index in [-0.39, 0.29) is 11.7 Å². The predicted octanol–water partition coefficient (Wildman–Crippen LogP) is 1.72. The molecule has 1 aromatic carbocycles. The number of aliphatic carboxylic acids is 1. The molecule has 1 saturated carbocycles. The number of carbonyl (C=O) groups is 1. The van der Waals surface area contributed by atoms with E-state index in [0.29, 0.717) is 12.0 Å². The lowest BCUT2D eigenvalue weighted by atomic mass is 10.1. The molecule has 74 valence electrons. The molecule has 2 atom stereocenters. The fraction of sp³-hybridized carbons (Fsp3) is 0.300. The normalized spacial score (nSPS) is 24.6. The fourth-order valence-electron chi connectivity index (χ4n) is 1.63. The molecule has 1 aromatic rings. The van der Waals surface area contributed by atoms with Gasteiger partial charge in [-0.25, -0.2) is 4.39 Å². The molecule has 0 heterocycles. The van der Waals surface area contributed by atoms with Crippen LogP contribution in [-0.2, 0) is 4.79 Å². The highest BCUT2D eigenvalue weighted by atomic mass is 19.1. The summed E-state index contributed by atoms with van der Waals surface area (Å²) < 4.78 is 13.2. The number of rotatable bonds is 2. The number of phenolic OH excluding ortho intramolecular Hbond substituents is 1. The topological polar surface area (TPSA) is 57.5 Å². The Kier molecular flexibility index (Phi) is 1.91. The van der Waals surface area contributed by atoms with E-state index in [9.17, 15) is 9.18 Å². The molecule has 0 amide bonds. The van der Waals surface area contributed by atoms with Gasteiger partial charge < -0.3 is 10.2 Å². The van der Waals surface area contributed by atoms with E-state index >= 15 is 0 Å². The monoisotopic (exact) mass is 196 g/mol. The Balaban J connectivity index is 2.23. The van der Waals surface area contributed by atoms with E-state index in [4.69, 9.17) is 10.2 Å². The second kappa shape index (κ2) is 2.97. The standard InChI is InChI=1S/C10H9FO3/c11-9-3-5(12)1-2-6(9)7-4-8(7)10(13)14/h1-3,7-8,12H,4H2,(H,13,14). The lowest BCUT2D eigenvalue weighted by Gasteiger charge is -2.01. The molecule has 2 unspecified atom stereocenters. The van der Waals surface area contributed by atoms with Gasteiger partial charge in [0.05, 0.1) is 5.92 Å². The maximum absolute atomic E-state index is 13.2. The smallest absolute Gasteiger partial charge is 0.307 e. The lowest BCUT2D eigenvalue weighted by molar-refractivity contribution is -0.138. The minimum atomic E-state index is -0.887. The molecular formula is C10H9FO3. The van der Waals surface area contributed by atoms with E-state index in [1.807, 2.05) is 0 Å². The predicted molar refractivity (Wildman–Crippen MR) is 46.5 cm³/mol. The van der Waals surface area contributed by atoms with Crippen molar-refractivity contribution in [3.8, 4) is 5.75 Å². The van der Waals surface area contributed by atoms with Crippen LogP contribution in [0.2, 0.25) is 0 Å². The molecule has 1 aliphatic rings. The van der Waals surface area contributed by atoms with Crippen molar-refractivity contribution in [2.75, 3.05) is 0 Å². The van der Waals surface area contributed by atoms with Crippen LogP contribution in [0.4, 0.5) is 4.39 Å². The van der Waals surface area contributed by atoms with Crippen molar-refractivity contribution in [2.24, 2.45) is 5.92 Å². The van der Waals surface area contributed by atoms with Gasteiger partial charge in [-0.05, 0) is 18.1 Å². The van der Waals surface area contributed by atoms with Crippen LogP contribution in [0.15, 0.2) is 18.2 Å². The summed E-state index contributed by atoms with van der Waals surface area (Å²) in [4.78, 5) is 10.6. The SMILES string of the molecule is O=C(O)C1CC1c1ccc(O)cc1F. The van der Waals surface area contributed by atoms with Crippen molar-refractivity contribution in [2.45, 2.75) is 12.3 Å². The summed E-state index contributed by atoms with van der Waals surface area (Å²) in [6, 6.07) is 3.82. The zero-order valence-electron chi connectivity index (χ0n) is 7.27. The average molecular weight is 196 g/mol. The van der Waals surface area contributed by atoms with Crippen LogP contribution >= 0.6 is 0 Å². The second-order valence-corrected chi connectivity index (χ2v) is 3.49. The van der Waals surface area contributed by atoms with Crippen LogP contribution in [0.25, 0.3) is 0 Å². The van der Waals surface area contributed by atoms with Crippen LogP contribution < -0.4 is 0 Å². The van der Waals surface area contributed by atoms with Gasteiger partial charge in [0.1, 0.15) is 11.6 Å². The highest BCUT2D eigenvalue weighted by Gasteiger charge is 2.45. The van der Waals surface area contributed by atoms with Crippen molar-refractivity contribution >= 4 is 5.97 Å². The highest BCUT2D eigenvalue weighted by Crippen LogP contribution is 2.48. The van der Waals surface area contributed by atoms with E-state index < -0.39 is 17.7 Å². The van der Waals surface area contributed by atoms with Gasteiger partial charge in [0.15, 0.2) is 0 Å². The van der Waals surface area contributed by atoms with Gasteiger partial charge in [0.25, 0.3) is 0 Å². The Morgan fingerprint density at radius 1 is 1.50 bits per heavy atom. The molecule has 0 saturated heterocycles. The van der Waals surface area contributed by atoms with Crippen LogP contribution in [0.5, 0.6) is 5.75 Å². The Hall–Kier alpha value is -1.58. The molecular weight excluding hydrogens is 187 g/mol. The molecule has 0 radical (unpaired) electrons. The maximum atomic E-state index is 13.2. The summed E-state index contributed by atoms with van der Waals surface area (Å²) in [7, 11) is 0. The first-order chi connectivity index (χ1) is 6.59. The van der Waals surface area contributed by atoms with Crippen LogP contribution in [0.3, 0.4) is 0 Å². The Bertz CT molecular complexity index is 389. The van der Waals surface area contributed by atoms with Gasteiger partial charge in [-0.2, -0.15) is 0 Å². The molecule has 0 aromatic heterocycles. The van der Waals surface area contributed by atoms with Crippen molar-refractivity contribution < 1.29 is 19.4 Å². The molecule has 3 nitrogen and oxygen atoms in total. The molecule has 0 bridgehead atoms. The minimum absolute atomic E-state index is 0.140. The number of hydrogen-bond donors (Lipinski definition) is 2.